The second-order valence-corrected chi connectivity index (χ2v) is 5.10. The van der Waals surface area contributed by atoms with Gasteiger partial charge in [0, 0.05) is 6.07 Å². The Morgan fingerprint density at radius 3 is 2.55 bits per heavy atom. The number of carbonyl (C=O) groups excluding carboxylic acids is 1. The van der Waals surface area contributed by atoms with Gasteiger partial charge in [0.1, 0.15) is 6.04 Å². The number of rotatable bonds is 8. The van der Waals surface area contributed by atoms with E-state index in [2.05, 4.69) is 5.32 Å². The molecule has 1 amide bonds. The van der Waals surface area contributed by atoms with Crippen molar-refractivity contribution in [2.24, 2.45) is 5.92 Å². The van der Waals surface area contributed by atoms with E-state index < -0.39 is 29.4 Å². The van der Waals surface area contributed by atoms with Gasteiger partial charge in [-0.1, -0.05) is 26.0 Å². The van der Waals surface area contributed by atoms with Crippen LogP contribution < -0.4 is 10.1 Å². The van der Waals surface area contributed by atoms with Crippen LogP contribution >= 0.6 is 0 Å². The second-order valence-electron chi connectivity index (χ2n) is 5.10. The molecule has 0 aliphatic rings. The highest BCUT2D eigenvalue weighted by Gasteiger charge is 2.22. The van der Waals surface area contributed by atoms with Crippen molar-refractivity contribution >= 4 is 17.6 Å². The van der Waals surface area contributed by atoms with Crippen molar-refractivity contribution in [3.05, 3.63) is 34.4 Å². The molecule has 1 aromatic rings. The van der Waals surface area contributed by atoms with Gasteiger partial charge in [-0.2, -0.15) is 0 Å². The molecule has 0 aliphatic heterocycles. The molecule has 0 saturated carbocycles. The van der Waals surface area contributed by atoms with E-state index in [4.69, 9.17) is 9.84 Å². The molecule has 0 heterocycles. The first-order valence-electron chi connectivity index (χ1n) is 6.69. The zero-order valence-electron chi connectivity index (χ0n) is 12.3. The minimum absolute atomic E-state index is 0.0432. The van der Waals surface area contributed by atoms with Crippen molar-refractivity contribution < 1.29 is 24.4 Å². The number of nitro benzene ring substituents is 1. The Hall–Kier alpha value is -2.64. The third-order valence-electron chi connectivity index (χ3n) is 2.76. The number of nitrogens with zero attached hydrogens (tertiary/aromatic N) is 1. The van der Waals surface area contributed by atoms with E-state index in [1.165, 1.54) is 18.2 Å². The van der Waals surface area contributed by atoms with Gasteiger partial charge in [0.15, 0.2) is 12.4 Å². The van der Waals surface area contributed by atoms with Crippen LogP contribution in [-0.2, 0) is 9.59 Å². The lowest BCUT2D eigenvalue weighted by Crippen LogP contribution is -2.43. The summed E-state index contributed by atoms with van der Waals surface area (Å²) in [7, 11) is 0. The Labute approximate surface area is 127 Å². The predicted octanol–water partition coefficient (Wildman–Crippen LogP) is 1.59. The Morgan fingerprint density at radius 2 is 2.00 bits per heavy atom. The number of amides is 1. The molecule has 0 aromatic heterocycles. The number of hydrogen-bond donors (Lipinski definition) is 2. The van der Waals surface area contributed by atoms with Gasteiger partial charge in [-0.3, -0.25) is 14.9 Å². The van der Waals surface area contributed by atoms with Crippen molar-refractivity contribution in [2.45, 2.75) is 26.3 Å². The number of carbonyl (C=O) groups is 2. The number of ether oxygens (including phenoxy) is 1. The summed E-state index contributed by atoms with van der Waals surface area (Å²) in [6.07, 6.45) is 0.284. The van der Waals surface area contributed by atoms with E-state index in [1.54, 1.807) is 6.07 Å². The lowest BCUT2D eigenvalue weighted by atomic mass is 10.0. The van der Waals surface area contributed by atoms with Crippen LogP contribution in [0, 0.1) is 16.0 Å². The van der Waals surface area contributed by atoms with Crippen molar-refractivity contribution in [1.29, 1.82) is 0 Å². The first-order valence-corrected chi connectivity index (χ1v) is 6.69. The van der Waals surface area contributed by atoms with Crippen LogP contribution in [0.25, 0.3) is 0 Å². The zero-order valence-corrected chi connectivity index (χ0v) is 12.3. The maximum Gasteiger partial charge on any atom is 0.326 e. The third kappa shape index (κ3) is 5.39. The SMILES string of the molecule is CC(C)C[C@H](NC(=O)COc1ccccc1[N+](=O)[O-])C(=O)O. The quantitative estimate of drug-likeness (QED) is 0.556. The average molecular weight is 310 g/mol. The average Bonchev–Trinajstić information content (AvgIpc) is 2.44. The van der Waals surface area contributed by atoms with Crippen LogP contribution in [0.1, 0.15) is 20.3 Å². The van der Waals surface area contributed by atoms with Gasteiger partial charge >= 0.3 is 11.7 Å². The Bertz CT molecular complexity index is 558. The summed E-state index contributed by atoms with van der Waals surface area (Å²) in [5.41, 5.74) is -0.257. The molecule has 0 spiro atoms. The highest BCUT2D eigenvalue weighted by atomic mass is 16.6. The van der Waals surface area contributed by atoms with Gasteiger partial charge in [0.05, 0.1) is 4.92 Å². The fraction of sp³-hybridized carbons (Fsp3) is 0.429. The monoisotopic (exact) mass is 310 g/mol. The summed E-state index contributed by atoms with van der Waals surface area (Å²) in [6.45, 7) is 3.19. The number of benzene rings is 1. The lowest BCUT2D eigenvalue weighted by Gasteiger charge is -2.16. The molecule has 8 heteroatoms. The van der Waals surface area contributed by atoms with Crippen molar-refractivity contribution in [3.63, 3.8) is 0 Å². The minimum Gasteiger partial charge on any atom is -0.480 e. The molecule has 22 heavy (non-hydrogen) atoms. The van der Waals surface area contributed by atoms with E-state index in [1.807, 2.05) is 13.8 Å². The first-order chi connectivity index (χ1) is 10.3. The molecule has 0 fully saturated rings. The third-order valence-corrected chi connectivity index (χ3v) is 2.76. The largest absolute Gasteiger partial charge is 0.480 e. The normalized spacial score (nSPS) is 11.8. The molecule has 0 unspecified atom stereocenters. The second kappa shape index (κ2) is 7.96. The molecule has 0 radical (unpaired) electrons. The molecule has 1 aromatic carbocycles. The fourth-order valence-electron chi connectivity index (χ4n) is 1.80. The minimum atomic E-state index is -1.13. The molecule has 8 nitrogen and oxygen atoms in total. The number of aliphatic carboxylic acids is 1. The van der Waals surface area contributed by atoms with Crippen molar-refractivity contribution in [1.82, 2.24) is 5.32 Å². The van der Waals surface area contributed by atoms with Crippen LogP contribution in [0.4, 0.5) is 5.69 Å². The van der Waals surface area contributed by atoms with E-state index in [9.17, 15) is 19.7 Å². The van der Waals surface area contributed by atoms with Gasteiger partial charge in [0.25, 0.3) is 5.91 Å². The zero-order chi connectivity index (χ0) is 16.7. The highest BCUT2D eigenvalue weighted by molar-refractivity contribution is 5.84. The van der Waals surface area contributed by atoms with Crippen LogP contribution in [0.5, 0.6) is 5.75 Å². The van der Waals surface area contributed by atoms with Crippen LogP contribution in [0.2, 0.25) is 0 Å². The Morgan fingerprint density at radius 1 is 1.36 bits per heavy atom. The number of carboxylic acid groups (broad SMARTS) is 1. The van der Waals surface area contributed by atoms with Crippen LogP contribution in [0.3, 0.4) is 0 Å². The Balaban J connectivity index is 2.62. The standard InChI is InChI=1S/C14H18N2O6/c1-9(2)7-10(14(18)19)15-13(17)8-22-12-6-4-3-5-11(12)16(20)21/h3-6,9-10H,7-8H2,1-2H3,(H,15,17)(H,18,19)/t10-/m0/s1. The maximum absolute atomic E-state index is 11.7. The summed E-state index contributed by atoms with van der Waals surface area (Å²) >= 11 is 0. The number of nitro groups is 1. The molecule has 0 aliphatic carbocycles. The molecule has 0 saturated heterocycles. The van der Waals surface area contributed by atoms with E-state index >= 15 is 0 Å². The molecule has 1 rings (SSSR count). The van der Waals surface area contributed by atoms with E-state index in [0.717, 1.165) is 0 Å². The number of para-hydroxylation sites is 2. The number of nitrogens with one attached hydrogen (secondary N) is 1. The van der Waals surface area contributed by atoms with Crippen LogP contribution in [-0.4, -0.2) is 34.6 Å². The smallest absolute Gasteiger partial charge is 0.326 e. The van der Waals surface area contributed by atoms with Crippen molar-refractivity contribution in [3.8, 4) is 5.75 Å². The summed E-state index contributed by atoms with van der Waals surface area (Å²) < 4.78 is 5.10. The number of carboxylic acids is 1. The highest BCUT2D eigenvalue weighted by Crippen LogP contribution is 2.25. The Kier molecular flexibility index (Phi) is 6.30. The fourth-order valence-corrected chi connectivity index (χ4v) is 1.80. The van der Waals surface area contributed by atoms with E-state index in [-0.39, 0.29) is 23.8 Å². The molecular formula is C14H18N2O6. The summed E-state index contributed by atoms with van der Waals surface area (Å²) in [5.74, 6) is -1.73. The number of hydrogen-bond acceptors (Lipinski definition) is 5. The maximum atomic E-state index is 11.7. The lowest BCUT2D eigenvalue weighted by molar-refractivity contribution is -0.385. The van der Waals surface area contributed by atoms with Gasteiger partial charge in [0.2, 0.25) is 0 Å². The van der Waals surface area contributed by atoms with Crippen LogP contribution in [0.15, 0.2) is 24.3 Å². The van der Waals surface area contributed by atoms with Gasteiger partial charge in [-0.15, -0.1) is 0 Å². The topological polar surface area (TPSA) is 119 Å². The van der Waals surface area contributed by atoms with Gasteiger partial charge in [-0.05, 0) is 18.4 Å². The molecule has 0 bridgehead atoms. The molecule has 1 atom stereocenters. The first kappa shape index (κ1) is 17.4. The predicted molar refractivity (Wildman–Crippen MR) is 77.6 cm³/mol. The summed E-state index contributed by atoms with van der Waals surface area (Å²) in [5, 5.41) is 22.2. The van der Waals surface area contributed by atoms with Crippen molar-refractivity contribution in [2.75, 3.05) is 6.61 Å². The summed E-state index contributed by atoms with van der Waals surface area (Å²) in [6, 6.07) is 4.63. The molecule has 120 valence electrons. The molecular weight excluding hydrogens is 292 g/mol. The van der Waals surface area contributed by atoms with E-state index in [0.29, 0.717) is 0 Å². The molecule has 2 N–H and O–H groups in total. The van der Waals surface area contributed by atoms with Gasteiger partial charge < -0.3 is 15.2 Å². The summed E-state index contributed by atoms with van der Waals surface area (Å²) in [4.78, 5) is 33.0. The van der Waals surface area contributed by atoms with Gasteiger partial charge in [-0.25, -0.2) is 4.79 Å².